The quantitative estimate of drug-likeness (QED) is 0.822. The van der Waals surface area contributed by atoms with Crippen LogP contribution in [0, 0.1) is 0 Å². The number of thioether (sulfide) groups is 1. The standard InChI is InChI=1S/C11H19N5S/c1-11(3-2-8-17-11)9-13-10(15-14-9)16-6-4-12-5-7-16/h12H,2-8H2,1H3,(H,13,14,15). The molecule has 3 rings (SSSR count). The van der Waals surface area contributed by atoms with Crippen LogP contribution >= 0.6 is 11.8 Å². The molecule has 6 heteroatoms. The Morgan fingerprint density at radius 2 is 2.18 bits per heavy atom. The Balaban J connectivity index is 1.77. The van der Waals surface area contributed by atoms with Gasteiger partial charge in [0, 0.05) is 26.2 Å². The number of aromatic nitrogens is 3. The van der Waals surface area contributed by atoms with Crippen LogP contribution in [0.1, 0.15) is 25.6 Å². The fraction of sp³-hybridized carbons (Fsp3) is 0.818. The Hall–Kier alpha value is -0.750. The van der Waals surface area contributed by atoms with Gasteiger partial charge in [-0.2, -0.15) is 4.98 Å². The van der Waals surface area contributed by atoms with Crippen LogP contribution in [0.2, 0.25) is 0 Å². The number of rotatable bonds is 2. The minimum atomic E-state index is 0.152. The van der Waals surface area contributed by atoms with Gasteiger partial charge in [0.1, 0.15) is 5.82 Å². The molecule has 2 aliphatic heterocycles. The van der Waals surface area contributed by atoms with E-state index in [1.807, 2.05) is 11.8 Å². The number of nitrogens with one attached hydrogen (secondary N) is 2. The molecule has 0 radical (unpaired) electrons. The van der Waals surface area contributed by atoms with E-state index in [2.05, 4.69) is 27.3 Å². The van der Waals surface area contributed by atoms with Crippen LogP contribution in [0.15, 0.2) is 0 Å². The fourth-order valence-corrected chi connectivity index (χ4v) is 3.72. The number of piperazine rings is 1. The van der Waals surface area contributed by atoms with Crippen molar-refractivity contribution in [2.24, 2.45) is 0 Å². The highest BCUT2D eigenvalue weighted by Crippen LogP contribution is 2.44. The van der Waals surface area contributed by atoms with E-state index >= 15 is 0 Å². The summed E-state index contributed by atoms with van der Waals surface area (Å²) in [5.74, 6) is 3.16. The van der Waals surface area contributed by atoms with E-state index in [9.17, 15) is 0 Å². The highest BCUT2D eigenvalue weighted by molar-refractivity contribution is 8.00. The summed E-state index contributed by atoms with van der Waals surface area (Å²) in [4.78, 5) is 6.95. The maximum atomic E-state index is 4.70. The lowest BCUT2D eigenvalue weighted by Gasteiger charge is -2.26. The van der Waals surface area contributed by atoms with Gasteiger partial charge in [0.2, 0.25) is 5.95 Å². The molecule has 0 aliphatic carbocycles. The molecule has 0 aromatic carbocycles. The predicted octanol–water partition coefficient (Wildman–Crippen LogP) is 0.956. The predicted molar refractivity (Wildman–Crippen MR) is 70.5 cm³/mol. The van der Waals surface area contributed by atoms with Gasteiger partial charge in [-0.1, -0.05) is 0 Å². The molecule has 5 nitrogen and oxygen atoms in total. The Morgan fingerprint density at radius 1 is 1.35 bits per heavy atom. The van der Waals surface area contributed by atoms with Gasteiger partial charge >= 0.3 is 0 Å². The summed E-state index contributed by atoms with van der Waals surface area (Å²) in [6.07, 6.45) is 2.48. The summed E-state index contributed by atoms with van der Waals surface area (Å²) in [7, 11) is 0. The van der Waals surface area contributed by atoms with Crippen molar-refractivity contribution in [1.29, 1.82) is 0 Å². The third-order valence-corrected chi connectivity index (χ3v) is 5.12. The van der Waals surface area contributed by atoms with Crippen molar-refractivity contribution in [2.45, 2.75) is 24.5 Å². The molecule has 2 saturated heterocycles. The topological polar surface area (TPSA) is 56.8 Å². The fourth-order valence-electron chi connectivity index (χ4n) is 2.46. The minimum Gasteiger partial charge on any atom is -0.337 e. The van der Waals surface area contributed by atoms with Gasteiger partial charge in [-0.3, -0.25) is 5.10 Å². The number of anilines is 1. The first-order valence-electron chi connectivity index (χ1n) is 6.30. The molecular weight excluding hydrogens is 234 g/mol. The summed E-state index contributed by atoms with van der Waals surface area (Å²) < 4.78 is 0.152. The Labute approximate surface area is 106 Å². The number of nitrogens with zero attached hydrogens (tertiary/aromatic N) is 3. The van der Waals surface area contributed by atoms with Crippen LogP contribution in [-0.4, -0.2) is 47.1 Å². The zero-order valence-electron chi connectivity index (χ0n) is 10.2. The van der Waals surface area contributed by atoms with Crippen LogP contribution < -0.4 is 10.2 Å². The summed E-state index contributed by atoms with van der Waals surface area (Å²) >= 11 is 1.99. The number of hydrogen-bond donors (Lipinski definition) is 2. The Kier molecular flexibility index (Phi) is 3.00. The maximum Gasteiger partial charge on any atom is 0.244 e. The number of hydrogen-bond acceptors (Lipinski definition) is 5. The first kappa shape index (κ1) is 11.3. The van der Waals surface area contributed by atoms with E-state index in [1.54, 1.807) is 0 Å². The van der Waals surface area contributed by atoms with E-state index in [0.717, 1.165) is 38.0 Å². The van der Waals surface area contributed by atoms with E-state index in [1.165, 1.54) is 18.6 Å². The monoisotopic (exact) mass is 253 g/mol. The molecule has 0 saturated carbocycles. The summed E-state index contributed by atoms with van der Waals surface area (Å²) in [5, 5.41) is 10.9. The summed E-state index contributed by atoms with van der Waals surface area (Å²) in [6, 6.07) is 0. The summed E-state index contributed by atoms with van der Waals surface area (Å²) in [5.41, 5.74) is 0. The van der Waals surface area contributed by atoms with E-state index in [0.29, 0.717) is 0 Å². The molecule has 0 spiro atoms. The van der Waals surface area contributed by atoms with Gasteiger partial charge in [0.25, 0.3) is 0 Å². The minimum absolute atomic E-state index is 0.152. The van der Waals surface area contributed by atoms with Crippen LogP contribution in [0.3, 0.4) is 0 Å². The second-order valence-corrected chi connectivity index (χ2v) is 6.50. The molecule has 0 amide bonds. The van der Waals surface area contributed by atoms with Crippen LogP contribution in [0.4, 0.5) is 5.95 Å². The second-order valence-electron chi connectivity index (χ2n) is 4.90. The first-order chi connectivity index (χ1) is 8.28. The molecule has 2 fully saturated rings. The largest absolute Gasteiger partial charge is 0.337 e. The molecule has 17 heavy (non-hydrogen) atoms. The van der Waals surface area contributed by atoms with Crippen LogP contribution in [-0.2, 0) is 4.75 Å². The highest BCUT2D eigenvalue weighted by atomic mass is 32.2. The van der Waals surface area contributed by atoms with Gasteiger partial charge in [-0.25, -0.2) is 0 Å². The lowest BCUT2D eigenvalue weighted by atomic mass is 10.1. The van der Waals surface area contributed by atoms with Gasteiger partial charge in [-0.05, 0) is 25.5 Å². The number of H-pyrrole nitrogens is 1. The van der Waals surface area contributed by atoms with Gasteiger partial charge < -0.3 is 10.2 Å². The Bertz CT molecular complexity index is 379. The molecule has 3 heterocycles. The second kappa shape index (κ2) is 4.49. The average Bonchev–Trinajstić information content (AvgIpc) is 2.99. The van der Waals surface area contributed by atoms with E-state index in [4.69, 9.17) is 4.98 Å². The molecule has 94 valence electrons. The van der Waals surface area contributed by atoms with Crippen molar-refractivity contribution in [2.75, 3.05) is 36.8 Å². The van der Waals surface area contributed by atoms with Crippen molar-refractivity contribution in [3.05, 3.63) is 5.82 Å². The normalized spacial score (nSPS) is 29.8. The van der Waals surface area contributed by atoms with Crippen LogP contribution in [0.5, 0.6) is 0 Å². The SMILES string of the molecule is CC1(c2nc(N3CCNCC3)n[nH]2)CCCS1. The molecule has 1 unspecified atom stereocenters. The van der Waals surface area contributed by atoms with Crippen molar-refractivity contribution >= 4 is 17.7 Å². The van der Waals surface area contributed by atoms with Crippen LogP contribution in [0.25, 0.3) is 0 Å². The van der Waals surface area contributed by atoms with E-state index in [-0.39, 0.29) is 4.75 Å². The lowest BCUT2D eigenvalue weighted by Crippen LogP contribution is -2.44. The van der Waals surface area contributed by atoms with Crippen molar-refractivity contribution < 1.29 is 0 Å². The lowest BCUT2D eigenvalue weighted by molar-refractivity contribution is 0.579. The molecule has 0 bridgehead atoms. The van der Waals surface area contributed by atoms with Gasteiger partial charge in [0.15, 0.2) is 0 Å². The zero-order chi connectivity index (χ0) is 11.7. The molecule has 2 N–H and O–H groups in total. The van der Waals surface area contributed by atoms with E-state index < -0.39 is 0 Å². The van der Waals surface area contributed by atoms with Crippen molar-refractivity contribution in [3.63, 3.8) is 0 Å². The van der Waals surface area contributed by atoms with Crippen molar-refractivity contribution in [3.8, 4) is 0 Å². The molecule has 2 aliphatic rings. The Morgan fingerprint density at radius 3 is 2.88 bits per heavy atom. The molecule has 1 aromatic rings. The third-order valence-electron chi connectivity index (χ3n) is 3.59. The molecule has 1 aromatic heterocycles. The average molecular weight is 253 g/mol. The van der Waals surface area contributed by atoms with Gasteiger partial charge in [-0.15, -0.1) is 16.9 Å². The van der Waals surface area contributed by atoms with Crippen molar-refractivity contribution in [1.82, 2.24) is 20.5 Å². The smallest absolute Gasteiger partial charge is 0.244 e. The highest BCUT2D eigenvalue weighted by Gasteiger charge is 2.35. The zero-order valence-corrected chi connectivity index (χ0v) is 11.0. The summed E-state index contributed by atoms with van der Waals surface area (Å²) in [6.45, 7) is 6.32. The maximum absolute atomic E-state index is 4.70. The first-order valence-corrected chi connectivity index (χ1v) is 7.29. The van der Waals surface area contributed by atoms with Gasteiger partial charge in [0.05, 0.1) is 4.75 Å². The molecule has 1 atom stereocenters. The number of aromatic amines is 1. The molecular formula is C11H19N5S. The third kappa shape index (κ3) is 2.15.